The standard InChI is InChI=1S/C15H16N6O4/c1-7(2)10-4-11(17-16-10)14(23)20-21-5-8-12(18-19-13(8)22)9(6-21)15(24)25-3/h4-7H,1-3H3,(H,16,17)(H,19,22)(H,20,23). The molecule has 130 valence electrons. The number of ether oxygens (including phenoxy) is 1. The molecule has 0 saturated carbocycles. The topological polar surface area (TPSA) is 135 Å². The zero-order chi connectivity index (χ0) is 18.1. The van der Waals surface area contributed by atoms with Crippen LogP contribution in [0.5, 0.6) is 0 Å². The van der Waals surface area contributed by atoms with Crippen LogP contribution in [0.1, 0.15) is 46.3 Å². The fourth-order valence-corrected chi connectivity index (χ4v) is 2.28. The Morgan fingerprint density at radius 1 is 1.24 bits per heavy atom. The maximum Gasteiger partial charge on any atom is 0.341 e. The molecule has 10 heteroatoms. The van der Waals surface area contributed by atoms with E-state index in [1.807, 2.05) is 13.8 Å². The molecule has 2 aliphatic heterocycles. The van der Waals surface area contributed by atoms with E-state index in [0.29, 0.717) is 0 Å². The number of pyridine rings is 1. The van der Waals surface area contributed by atoms with Gasteiger partial charge in [0.15, 0.2) is 5.69 Å². The number of aromatic nitrogens is 5. The number of fused-ring (bicyclic) bond motifs is 1. The second-order valence-corrected chi connectivity index (χ2v) is 5.69. The lowest BCUT2D eigenvalue weighted by molar-refractivity contribution is 0.0600. The number of carbonyl (C=O) groups excluding carboxylic acids is 2. The van der Waals surface area contributed by atoms with E-state index in [1.54, 1.807) is 6.07 Å². The normalized spacial score (nSPS) is 11.0. The summed E-state index contributed by atoms with van der Waals surface area (Å²) in [4.78, 5) is 36.0. The van der Waals surface area contributed by atoms with Crippen molar-refractivity contribution in [3.8, 4) is 11.3 Å². The number of esters is 1. The van der Waals surface area contributed by atoms with Gasteiger partial charge < -0.3 is 4.74 Å². The van der Waals surface area contributed by atoms with E-state index in [-0.39, 0.29) is 28.4 Å². The van der Waals surface area contributed by atoms with E-state index < -0.39 is 17.4 Å². The van der Waals surface area contributed by atoms with E-state index in [2.05, 4.69) is 30.6 Å². The summed E-state index contributed by atoms with van der Waals surface area (Å²) in [7, 11) is 1.21. The molecular formula is C15H16N6O4. The molecule has 25 heavy (non-hydrogen) atoms. The fraction of sp³-hybridized carbons (Fsp3) is 0.267. The van der Waals surface area contributed by atoms with Gasteiger partial charge in [-0.2, -0.15) is 10.2 Å². The van der Waals surface area contributed by atoms with Crippen molar-refractivity contribution in [1.29, 1.82) is 0 Å². The van der Waals surface area contributed by atoms with Crippen molar-refractivity contribution in [1.82, 2.24) is 25.1 Å². The van der Waals surface area contributed by atoms with Crippen LogP contribution in [-0.2, 0) is 4.74 Å². The van der Waals surface area contributed by atoms with Crippen molar-refractivity contribution < 1.29 is 14.3 Å². The third kappa shape index (κ3) is 3.01. The van der Waals surface area contributed by atoms with E-state index >= 15 is 0 Å². The van der Waals surface area contributed by atoms with Crippen molar-refractivity contribution in [3.63, 3.8) is 0 Å². The van der Waals surface area contributed by atoms with Crippen LogP contribution in [0, 0.1) is 0 Å². The number of aromatic amines is 2. The number of hydrogen-bond donors (Lipinski definition) is 3. The van der Waals surface area contributed by atoms with Crippen LogP contribution in [0.25, 0.3) is 11.3 Å². The highest BCUT2D eigenvalue weighted by molar-refractivity contribution is 5.99. The SMILES string of the molecule is COC(=O)c1cn(NC(=O)c2cc(C(C)C)[nH]n2)cc2c(=O)[nH]nc1-2. The van der Waals surface area contributed by atoms with Crippen molar-refractivity contribution in [2.75, 3.05) is 12.5 Å². The second-order valence-electron chi connectivity index (χ2n) is 5.69. The summed E-state index contributed by atoms with van der Waals surface area (Å²) in [5.74, 6) is -0.987. The van der Waals surface area contributed by atoms with Crippen LogP contribution < -0.4 is 11.0 Å². The molecule has 0 aromatic carbocycles. The van der Waals surface area contributed by atoms with E-state index in [1.165, 1.54) is 24.2 Å². The molecule has 0 bridgehead atoms. The molecule has 0 aliphatic carbocycles. The molecule has 0 spiro atoms. The molecule has 0 unspecified atom stereocenters. The van der Waals surface area contributed by atoms with Gasteiger partial charge >= 0.3 is 5.97 Å². The van der Waals surface area contributed by atoms with E-state index in [0.717, 1.165) is 5.69 Å². The average Bonchev–Trinajstić information content (AvgIpc) is 3.21. The molecule has 0 radical (unpaired) electrons. The summed E-state index contributed by atoms with van der Waals surface area (Å²) < 4.78 is 5.90. The monoisotopic (exact) mass is 344 g/mol. The van der Waals surface area contributed by atoms with Gasteiger partial charge in [0, 0.05) is 18.1 Å². The molecule has 10 nitrogen and oxygen atoms in total. The zero-order valence-electron chi connectivity index (χ0n) is 13.8. The maximum absolute atomic E-state index is 12.3. The van der Waals surface area contributed by atoms with Crippen LogP contribution in [0.4, 0.5) is 0 Å². The number of methoxy groups -OCH3 is 1. The first-order valence-corrected chi connectivity index (χ1v) is 7.46. The molecule has 1 aromatic rings. The number of H-pyrrole nitrogens is 2. The van der Waals surface area contributed by atoms with Gasteiger partial charge in [0.2, 0.25) is 0 Å². The molecule has 1 amide bonds. The van der Waals surface area contributed by atoms with Gasteiger partial charge in [-0.1, -0.05) is 13.8 Å². The summed E-state index contributed by atoms with van der Waals surface area (Å²) in [6.45, 7) is 3.93. The molecule has 1 aromatic heterocycles. The van der Waals surface area contributed by atoms with E-state index in [4.69, 9.17) is 0 Å². The lowest BCUT2D eigenvalue weighted by Crippen LogP contribution is -2.25. The van der Waals surface area contributed by atoms with Crippen LogP contribution in [-0.4, -0.2) is 44.1 Å². The minimum absolute atomic E-state index is 0.0450. The van der Waals surface area contributed by atoms with Gasteiger partial charge in [0.1, 0.15) is 11.3 Å². The first-order valence-electron chi connectivity index (χ1n) is 7.46. The zero-order valence-corrected chi connectivity index (χ0v) is 13.8. The van der Waals surface area contributed by atoms with Crippen molar-refractivity contribution >= 4 is 11.9 Å². The average molecular weight is 344 g/mol. The molecular weight excluding hydrogens is 328 g/mol. The Morgan fingerprint density at radius 3 is 2.64 bits per heavy atom. The number of hydrogen-bond acceptors (Lipinski definition) is 6. The van der Waals surface area contributed by atoms with Crippen molar-refractivity contribution in [2.45, 2.75) is 19.8 Å². The largest absolute Gasteiger partial charge is 0.465 e. The summed E-state index contributed by atoms with van der Waals surface area (Å²) in [5.41, 5.74) is 3.43. The molecule has 3 heterocycles. The quantitative estimate of drug-likeness (QED) is 0.596. The summed E-state index contributed by atoms with van der Waals surface area (Å²) in [6.07, 6.45) is 2.68. The maximum atomic E-state index is 12.3. The lowest BCUT2D eigenvalue weighted by atomic mass is 10.1. The van der Waals surface area contributed by atoms with Crippen LogP contribution >= 0.6 is 0 Å². The van der Waals surface area contributed by atoms with Gasteiger partial charge in [-0.3, -0.25) is 24.8 Å². The Kier molecular flexibility index (Phi) is 4.09. The third-order valence-electron chi connectivity index (χ3n) is 3.65. The lowest BCUT2D eigenvalue weighted by Gasteiger charge is -2.12. The molecule has 0 fully saturated rings. The van der Waals surface area contributed by atoms with Crippen molar-refractivity contribution in [3.05, 3.63) is 45.8 Å². The summed E-state index contributed by atoms with van der Waals surface area (Å²) in [5, 5.41) is 12.8. The fourth-order valence-electron chi connectivity index (χ4n) is 2.28. The highest BCUT2D eigenvalue weighted by atomic mass is 16.5. The Labute approximate surface area is 141 Å². The molecule has 0 saturated heterocycles. The molecule has 3 N–H and O–H groups in total. The van der Waals surface area contributed by atoms with Crippen molar-refractivity contribution in [2.24, 2.45) is 0 Å². The molecule has 3 rings (SSSR count). The first-order chi connectivity index (χ1) is 11.9. The molecule has 0 atom stereocenters. The van der Waals surface area contributed by atoms with Crippen LogP contribution in [0.15, 0.2) is 23.3 Å². The van der Waals surface area contributed by atoms with E-state index in [9.17, 15) is 14.4 Å². The smallest absolute Gasteiger partial charge is 0.341 e. The number of amides is 1. The van der Waals surface area contributed by atoms with Gasteiger partial charge in [0.05, 0.1) is 12.7 Å². The predicted molar refractivity (Wildman–Crippen MR) is 87.2 cm³/mol. The highest BCUT2D eigenvalue weighted by Gasteiger charge is 2.22. The predicted octanol–water partition coefficient (Wildman–Crippen LogP) is 0.693. The van der Waals surface area contributed by atoms with Gasteiger partial charge in [-0.05, 0) is 12.0 Å². The number of rotatable bonds is 4. The number of carbonyl (C=O) groups is 2. The Balaban J connectivity index is 1.96. The number of nitrogens with zero attached hydrogens (tertiary/aromatic N) is 3. The van der Waals surface area contributed by atoms with Gasteiger partial charge in [0.25, 0.3) is 11.5 Å². The summed E-state index contributed by atoms with van der Waals surface area (Å²) >= 11 is 0. The molecule has 2 aliphatic rings. The van der Waals surface area contributed by atoms with Gasteiger partial charge in [-0.15, -0.1) is 0 Å². The van der Waals surface area contributed by atoms with Crippen LogP contribution in [0.2, 0.25) is 0 Å². The summed E-state index contributed by atoms with van der Waals surface area (Å²) in [6, 6.07) is 1.64. The first kappa shape index (κ1) is 16.4. The number of nitrogens with one attached hydrogen (secondary N) is 3. The van der Waals surface area contributed by atoms with Crippen LogP contribution in [0.3, 0.4) is 0 Å². The highest BCUT2D eigenvalue weighted by Crippen LogP contribution is 2.20. The Hall–Kier alpha value is -3.43. The Morgan fingerprint density at radius 2 is 2.00 bits per heavy atom. The minimum Gasteiger partial charge on any atom is -0.465 e. The second kappa shape index (κ2) is 6.23. The van der Waals surface area contributed by atoms with Gasteiger partial charge in [-0.25, -0.2) is 9.89 Å². The third-order valence-corrected chi connectivity index (χ3v) is 3.65. The Bertz CT molecular complexity index is 967. The minimum atomic E-state index is -0.679.